The summed E-state index contributed by atoms with van der Waals surface area (Å²) in [5, 5.41) is 3.03. The zero-order valence-electron chi connectivity index (χ0n) is 11.1. The second kappa shape index (κ2) is 6.74. The molecule has 1 aliphatic rings. The van der Waals surface area contributed by atoms with Crippen LogP contribution in [0, 0.1) is 0 Å². The molecule has 1 aromatic carbocycles. The van der Waals surface area contributed by atoms with Crippen LogP contribution in [0.15, 0.2) is 29.2 Å². The number of sulfonamides is 1. The average molecular weight is 300 g/mol. The lowest BCUT2D eigenvalue weighted by Crippen LogP contribution is -2.38. The Morgan fingerprint density at radius 2 is 2.26 bits per heavy atom. The van der Waals surface area contributed by atoms with E-state index in [1.807, 2.05) is 24.9 Å². The summed E-state index contributed by atoms with van der Waals surface area (Å²) >= 11 is 1.81. The Hall–Kier alpha value is -0.560. The van der Waals surface area contributed by atoms with Gasteiger partial charge >= 0.3 is 0 Å². The SMILES string of the molecule is CNCc1cccc(S(=O)(=O)NC2CCCSC2)c1. The average Bonchev–Trinajstić information content (AvgIpc) is 2.40. The minimum absolute atomic E-state index is 0.0664. The fourth-order valence-electron chi connectivity index (χ4n) is 2.15. The molecule has 1 saturated heterocycles. The lowest BCUT2D eigenvalue weighted by Gasteiger charge is -2.22. The van der Waals surface area contributed by atoms with E-state index in [0.29, 0.717) is 11.4 Å². The van der Waals surface area contributed by atoms with Gasteiger partial charge < -0.3 is 5.32 Å². The molecular formula is C13H20N2O2S2. The number of thioether (sulfide) groups is 1. The maximum atomic E-state index is 12.3. The highest BCUT2D eigenvalue weighted by atomic mass is 32.2. The van der Waals surface area contributed by atoms with Gasteiger partial charge in [0.15, 0.2) is 0 Å². The third-order valence-electron chi connectivity index (χ3n) is 3.07. The first-order chi connectivity index (χ1) is 9.12. The first-order valence-electron chi connectivity index (χ1n) is 6.45. The molecule has 0 spiro atoms. The third-order valence-corrected chi connectivity index (χ3v) is 5.81. The summed E-state index contributed by atoms with van der Waals surface area (Å²) in [5.41, 5.74) is 0.975. The van der Waals surface area contributed by atoms with E-state index in [1.165, 1.54) is 0 Å². The largest absolute Gasteiger partial charge is 0.316 e. The van der Waals surface area contributed by atoms with E-state index in [9.17, 15) is 8.42 Å². The number of benzene rings is 1. The second-order valence-corrected chi connectivity index (χ2v) is 7.58. The standard InChI is InChI=1S/C13H20N2O2S2/c1-14-9-11-4-2-6-13(8-11)19(16,17)15-12-5-3-7-18-10-12/h2,4,6,8,12,14-15H,3,5,7,9-10H2,1H3. The molecule has 1 heterocycles. The molecule has 106 valence electrons. The molecule has 1 aliphatic heterocycles. The Morgan fingerprint density at radius 3 is 2.95 bits per heavy atom. The Balaban J connectivity index is 2.11. The summed E-state index contributed by atoms with van der Waals surface area (Å²) in [6.07, 6.45) is 2.01. The predicted molar refractivity (Wildman–Crippen MR) is 79.9 cm³/mol. The summed E-state index contributed by atoms with van der Waals surface area (Å²) in [7, 11) is -1.55. The Labute approximate surface area is 119 Å². The minimum Gasteiger partial charge on any atom is -0.316 e. The number of hydrogen-bond acceptors (Lipinski definition) is 4. The molecule has 0 radical (unpaired) electrons. The van der Waals surface area contributed by atoms with Gasteiger partial charge in [-0.05, 0) is 43.3 Å². The van der Waals surface area contributed by atoms with Gasteiger partial charge in [-0.2, -0.15) is 11.8 Å². The highest BCUT2D eigenvalue weighted by Crippen LogP contribution is 2.19. The molecule has 0 aliphatic carbocycles. The van der Waals surface area contributed by atoms with Crippen LogP contribution in [-0.2, 0) is 16.6 Å². The van der Waals surface area contributed by atoms with Crippen molar-refractivity contribution in [2.45, 2.75) is 30.3 Å². The molecule has 2 rings (SSSR count). The maximum absolute atomic E-state index is 12.3. The molecule has 0 saturated carbocycles. The van der Waals surface area contributed by atoms with E-state index in [4.69, 9.17) is 0 Å². The lowest BCUT2D eigenvalue weighted by atomic mass is 10.2. The molecule has 6 heteroatoms. The lowest BCUT2D eigenvalue weighted by molar-refractivity contribution is 0.543. The molecule has 0 aromatic heterocycles. The molecule has 1 atom stereocenters. The van der Waals surface area contributed by atoms with Crippen molar-refractivity contribution < 1.29 is 8.42 Å². The molecule has 1 unspecified atom stereocenters. The first-order valence-corrected chi connectivity index (χ1v) is 9.09. The van der Waals surface area contributed by atoms with Gasteiger partial charge in [0.1, 0.15) is 0 Å². The molecule has 0 amide bonds. The summed E-state index contributed by atoms with van der Waals surface area (Å²) in [6.45, 7) is 0.669. The molecule has 1 fully saturated rings. The fourth-order valence-corrected chi connectivity index (χ4v) is 4.67. The van der Waals surface area contributed by atoms with Crippen molar-refractivity contribution in [1.82, 2.24) is 10.0 Å². The van der Waals surface area contributed by atoms with Crippen molar-refractivity contribution in [2.24, 2.45) is 0 Å². The topological polar surface area (TPSA) is 58.2 Å². The summed E-state index contributed by atoms with van der Waals surface area (Å²) in [6, 6.07) is 7.16. The molecule has 1 aromatic rings. The van der Waals surface area contributed by atoms with E-state index in [2.05, 4.69) is 10.0 Å². The summed E-state index contributed by atoms with van der Waals surface area (Å²) in [5.74, 6) is 2.01. The summed E-state index contributed by atoms with van der Waals surface area (Å²) in [4.78, 5) is 0.357. The normalized spacial score (nSPS) is 20.4. The molecule has 0 bridgehead atoms. The van der Waals surface area contributed by atoms with E-state index >= 15 is 0 Å². The van der Waals surface area contributed by atoms with Crippen molar-refractivity contribution in [3.63, 3.8) is 0 Å². The number of rotatable bonds is 5. The highest BCUT2D eigenvalue weighted by Gasteiger charge is 2.22. The minimum atomic E-state index is -3.39. The van der Waals surface area contributed by atoms with E-state index in [0.717, 1.165) is 29.9 Å². The Kier molecular flexibility index (Phi) is 5.27. The van der Waals surface area contributed by atoms with Crippen molar-refractivity contribution >= 4 is 21.8 Å². The van der Waals surface area contributed by atoms with Crippen LogP contribution in [0.3, 0.4) is 0 Å². The van der Waals surface area contributed by atoms with Crippen molar-refractivity contribution in [2.75, 3.05) is 18.6 Å². The maximum Gasteiger partial charge on any atom is 0.240 e. The molecule has 2 N–H and O–H groups in total. The smallest absolute Gasteiger partial charge is 0.240 e. The number of hydrogen-bond donors (Lipinski definition) is 2. The van der Waals surface area contributed by atoms with Gasteiger partial charge in [0.25, 0.3) is 0 Å². The van der Waals surface area contributed by atoms with Crippen LogP contribution in [0.1, 0.15) is 18.4 Å². The van der Waals surface area contributed by atoms with Crippen LogP contribution in [-0.4, -0.2) is 33.0 Å². The van der Waals surface area contributed by atoms with Crippen molar-refractivity contribution in [3.8, 4) is 0 Å². The van der Waals surface area contributed by atoms with E-state index < -0.39 is 10.0 Å². The van der Waals surface area contributed by atoms with Gasteiger partial charge in [0.2, 0.25) is 10.0 Å². The van der Waals surface area contributed by atoms with Crippen LogP contribution in [0.2, 0.25) is 0 Å². The van der Waals surface area contributed by atoms with Crippen LogP contribution >= 0.6 is 11.8 Å². The van der Waals surface area contributed by atoms with Gasteiger partial charge in [-0.3, -0.25) is 0 Å². The number of nitrogens with one attached hydrogen (secondary N) is 2. The zero-order chi connectivity index (χ0) is 13.7. The molecule has 4 nitrogen and oxygen atoms in total. The van der Waals surface area contributed by atoms with Crippen LogP contribution in [0.4, 0.5) is 0 Å². The van der Waals surface area contributed by atoms with Gasteiger partial charge in [-0.15, -0.1) is 0 Å². The van der Waals surface area contributed by atoms with Gasteiger partial charge in [-0.25, -0.2) is 13.1 Å². The van der Waals surface area contributed by atoms with Crippen molar-refractivity contribution in [3.05, 3.63) is 29.8 Å². The van der Waals surface area contributed by atoms with Crippen LogP contribution in [0.25, 0.3) is 0 Å². The zero-order valence-corrected chi connectivity index (χ0v) is 12.7. The quantitative estimate of drug-likeness (QED) is 0.867. The Morgan fingerprint density at radius 1 is 1.42 bits per heavy atom. The molecule has 19 heavy (non-hydrogen) atoms. The molecular weight excluding hydrogens is 280 g/mol. The van der Waals surface area contributed by atoms with Gasteiger partial charge in [-0.1, -0.05) is 12.1 Å². The monoisotopic (exact) mass is 300 g/mol. The second-order valence-electron chi connectivity index (χ2n) is 4.71. The van der Waals surface area contributed by atoms with Crippen molar-refractivity contribution in [1.29, 1.82) is 0 Å². The Bertz CT molecular complexity index is 511. The predicted octanol–water partition coefficient (Wildman–Crippen LogP) is 1.58. The summed E-state index contributed by atoms with van der Waals surface area (Å²) < 4.78 is 27.4. The highest BCUT2D eigenvalue weighted by molar-refractivity contribution is 7.99. The van der Waals surface area contributed by atoms with E-state index in [-0.39, 0.29) is 6.04 Å². The van der Waals surface area contributed by atoms with Crippen LogP contribution < -0.4 is 10.0 Å². The fraction of sp³-hybridized carbons (Fsp3) is 0.538. The third kappa shape index (κ3) is 4.21. The van der Waals surface area contributed by atoms with Gasteiger partial charge in [0.05, 0.1) is 4.90 Å². The van der Waals surface area contributed by atoms with Crippen LogP contribution in [0.5, 0.6) is 0 Å². The van der Waals surface area contributed by atoms with Gasteiger partial charge in [0, 0.05) is 18.3 Å². The van der Waals surface area contributed by atoms with E-state index in [1.54, 1.807) is 18.2 Å². The first kappa shape index (κ1) is 14.8.